The summed E-state index contributed by atoms with van der Waals surface area (Å²) < 4.78 is 26.7. The molecule has 0 aliphatic heterocycles. The molecule has 9 heteroatoms. The van der Waals surface area contributed by atoms with Gasteiger partial charge in [0.25, 0.3) is 0 Å². The second-order valence-corrected chi connectivity index (χ2v) is 7.80. The Hall–Kier alpha value is -1.74. The summed E-state index contributed by atoms with van der Waals surface area (Å²) in [4.78, 5) is 23.2. The van der Waals surface area contributed by atoms with Crippen molar-refractivity contribution >= 4 is 21.8 Å². The second-order valence-electron chi connectivity index (χ2n) is 6.15. The summed E-state index contributed by atoms with van der Waals surface area (Å²) in [6.45, 7) is 7.95. The third-order valence-corrected chi connectivity index (χ3v) is 4.88. The van der Waals surface area contributed by atoms with Crippen LogP contribution in [0.5, 0.6) is 0 Å². The van der Waals surface area contributed by atoms with E-state index in [1.54, 1.807) is 20.8 Å². The summed E-state index contributed by atoms with van der Waals surface area (Å²) in [7, 11) is -4.09. The van der Waals surface area contributed by atoms with Gasteiger partial charge in [0.15, 0.2) is 0 Å². The van der Waals surface area contributed by atoms with Gasteiger partial charge in [-0.15, -0.1) is 0 Å². The topological polar surface area (TPSA) is 129 Å². The third kappa shape index (κ3) is 4.14. The number of nitrogens with one attached hydrogen (secondary N) is 2. The molecule has 0 saturated heterocycles. The monoisotopic (exact) mass is 331 g/mol. The Morgan fingerprint density at radius 3 is 2.23 bits per heavy atom. The number of hydrogen-bond acceptors (Lipinski definition) is 5. The molecule has 0 aromatic carbocycles. The first-order chi connectivity index (χ1) is 9.86. The molecule has 1 aromatic rings. The number of H-pyrrole nitrogens is 1. The molecule has 0 spiro atoms. The molecular formula is C13H21N3O5S. The lowest BCUT2D eigenvalue weighted by Crippen LogP contribution is -2.43. The lowest BCUT2D eigenvalue weighted by atomic mass is 9.87. The first-order valence-corrected chi connectivity index (χ1v) is 8.14. The molecule has 1 rings (SSSR count). The molecule has 1 atom stereocenters. The van der Waals surface area contributed by atoms with E-state index >= 15 is 0 Å². The lowest BCUT2D eigenvalue weighted by Gasteiger charge is -2.20. The Morgan fingerprint density at radius 1 is 1.32 bits per heavy atom. The Balaban J connectivity index is 3.06. The van der Waals surface area contributed by atoms with Crippen molar-refractivity contribution in [3.05, 3.63) is 11.4 Å². The number of aromatic nitrogens is 2. The Morgan fingerprint density at radius 2 is 1.86 bits per heavy atom. The number of aromatic amines is 1. The molecule has 0 aliphatic carbocycles. The van der Waals surface area contributed by atoms with Crippen molar-refractivity contribution in [3.63, 3.8) is 0 Å². The highest BCUT2D eigenvalue weighted by Gasteiger charge is 2.33. The van der Waals surface area contributed by atoms with Gasteiger partial charge in [-0.3, -0.25) is 14.7 Å². The van der Waals surface area contributed by atoms with E-state index in [0.29, 0.717) is 5.69 Å². The number of rotatable bonds is 6. The molecule has 8 nitrogen and oxygen atoms in total. The van der Waals surface area contributed by atoms with Gasteiger partial charge in [0, 0.05) is 11.8 Å². The summed E-state index contributed by atoms with van der Waals surface area (Å²) in [5, 5.41) is 15.5. The van der Waals surface area contributed by atoms with Gasteiger partial charge < -0.3 is 5.11 Å². The third-order valence-electron chi connectivity index (χ3n) is 3.15. The molecular weight excluding hydrogens is 310 g/mol. The van der Waals surface area contributed by atoms with Crippen molar-refractivity contribution in [1.82, 2.24) is 14.9 Å². The summed E-state index contributed by atoms with van der Waals surface area (Å²) in [6.07, 6.45) is -0.423. The van der Waals surface area contributed by atoms with Gasteiger partial charge >= 0.3 is 5.97 Å². The second kappa shape index (κ2) is 6.17. The van der Waals surface area contributed by atoms with E-state index in [4.69, 9.17) is 0 Å². The maximum Gasteiger partial charge on any atom is 0.322 e. The van der Waals surface area contributed by atoms with Gasteiger partial charge in [-0.05, 0) is 13.8 Å². The highest BCUT2D eigenvalue weighted by atomic mass is 32.2. The number of carbonyl (C=O) groups excluding carboxylic acids is 1. The molecule has 1 unspecified atom stereocenters. The van der Waals surface area contributed by atoms with Gasteiger partial charge in [0.1, 0.15) is 16.7 Å². The number of Topliss-reactive ketones (excluding diaryl/α,β-unsaturated/α-hetero) is 1. The molecule has 0 aliphatic rings. The number of nitrogens with zero attached hydrogens (tertiary/aromatic N) is 1. The number of carboxylic acid groups (broad SMARTS) is 1. The summed E-state index contributed by atoms with van der Waals surface area (Å²) in [6, 6.07) is -1.52. The number of sulfonamides is 1. The highest BCUT2D eigenvalue weighted by molar-refractivity contribution is 7.89. The van der Waals surface area contributed by atoms with Gasteiger partial charge in [0.05, 0.1) is 11.4 Å². The Kier molecular flexibility index (Phi) is 5.14. The first kappa shape index (κ1) is 18.3. The van der Waals surface area contributed by atoms with Crippen molar-refractivity contribution in [1.29, 1.82) is 0 Å². The van der Waals surface area contributed by atoms with Crippen molar-refractivity contribution in [2.75, 3.05) is 0 Å². The minimum Gasteiger partial charge on any atom is -0.480 e. The van der Waals surface area contributed by atoms with Gasteiger partial charge in [-0.25, -0.2) is 8.42 Å². The fourth-order valence-corrected chi connectivity index (χ4v) is 3.41. The van der Waals surface area contributed by atoms with Crippen LogP contribution in [0.25, 0.3) is 0 Å². The molecule has 22 heavy (non-hydrogen) atoms. The van der Waals surface area contributed by atoms with Gasteiger partial charge in [-0.1, -0.05) is 20.8 Å². The van der Waals surface area contributed by atoms with Crippen LogP contribution in [-0.4, -0.2) is 41.5 Å². The normalized spacial score (nSPS) is 13.9. The summed E-state index contributed by atoms with van der Waals surface area (Å²) in [5.74, 6) is -1.75. The molecule has 0 amide bonds. The summed E-state index contributed by atoms with van der Waals surface area (Å²) >= 11 is 0. The van der Waals surface area contributed by atoms with Crippen LogP contribution >= 0.6 is 0 Å². The molecule has 0 fully saturated rings. The number of aliphatic carboxylic acids is 1. The van der Waals surface area contributed by atoms with E-state index < -0.39 is 33.9 Å². The molecule has 1 heterocycles. The Labute approximate surface area is 129 Å². The number of aryl methyl sites for hydroxylation is 2. The predicted octanol–water partition coefficient (Wildman–Crippen LogP) is 0.763. The zero-order valence-corrected chi connectivity index (χ0v) is 14.0. The molecule has 124 valence electrons. The van der Waals surface area contributed by atoms with Gasteiger partial charge in [0.2, 0.25) is 10.0 Å². The average molecular weight is 331 g/mol. The molecule has 0 radical (unpaired) electrons. The minimum absolute atomic E-state index is 0.0954. The number of carbonyl (C=O) groups is 2. The van der Waals surface area contributed by atoms with E-state index in [2.05, 4.69) is 14.9 Å². The van der Waals surface area contributed by atoms with Crippen LogP contribution in [0.4, 0.5) is 0 Å². The summed E-state index contributed by atoms with van der Waals surface area (Å²) in [5.41, 5.74) is -0.215. The van der Waals surface area contributed by atoms with Crippen LogP contribution < -0.4 is 4.72 Å². The zero-order valence-electron chi connectivity index (χ0n) is 13.2. The fourth-order valence-electron chi connectivity index (χ4n) is 1.85. The smallest absolute Gasteiger partial charge is 0.322 e. The average Bonchev–Trinajstić information content (AvgIpc) is 2.66. The van der Waals surface area contributed by atoms with Crippen LogP contribution in [-0.2, 0) is 19.6 Å². The van der Waals surface area contributed by atoms with Gasteiger partial charge in [-0.2, -0.15) is 9.82 Å². The highest BCUT2D eigenvalue weighted by Crippen LogP contribution is 2.20. The zero-order chi connectivity index (χ0) is 17.3. The Bertz CT molecular complexity index is 666. The van der Waals surface area contributed by atoms with Crippen LogP contribution in [0.3, 0.4) is 0 Å². The number of ketones is 1. The van der Waals surface area contributed by atoms with Crippen LogP contribution in [0.1, 0.15) is 38.6 Å². The molecule has 0 saturated carbocycles. The number of hydrogen-bond donors (Lipinski definition) is 3. The van der Waals surface area contributed by atoms with Crippen molar-refractivity contribution in [2.45, 2.75) is 52.0 Å². The van der Waals surface area contributed by atoms with Crippen LogP contribution in [0.2, 0.25) is 0 Å². The van der Waals surface area contributed by atoms with E-state index in [0.717, 1.165) is 0 Å². The van der Waals surface area contributed by atoms with Crippen molar-refractivity contribution in [2.24, 2.45) is 5.41 Å². The first-order valence-electron chi connectivity index (χ1n) is 6.66. The predicted molar refractivity (Wildman–Crippen MR) is 78.9 cm³/mol. The van der Waals surface area contributed by atoms with Crippen molar-refractivity contribution in [3.8, 4) is 0 Å². The molecule has 0 bridgehead atoms. The SMILES string of the molecule is Cc1n[nH]c(C)c1S(=O)(=O)NC(CC(=O)C(C)(C)C)C(=O)O. The van der Waals surface area contributed by atoms with E-state index in [9.17, 15) is 23.1 Å². The number of carboxylic acids is 1. The molecule has 3 N–H and O–H groups in total. The quantitative estimate of drug-likeness (QED) is 0.706. The minimum atomic E-state index is -4.09. The maximum absolute atomic E-state index is 12.3. The lowest BCUT2D eigenvalue weighted by molar-refractivity contribution is -0.141. The van der Waals surface area contributed by atoms with E-state index in [-0.39, 0.29) is 16.4 Å². The molecule has 1 aromatic heterocycles. The van der Waals surface area contributed by atoms with Crippen molar-refractivity contribution < 1.29 is 23.1 Å². The van der Waals surface area contributed by atoms with E-state index in [1.165, 1.54) is 13.8 Å². The largest absolute Gasteiger partial charge is 0.480 e. The van der Waals surface area contributed by atoms with E-state index in [1.807, 2.05) is 0 Å². The maximum atomic E-state index is 12.3. The standard InChI is InChI=1S/C13H21N3O5S/c1-7-11(8(2)15-14-7)22(20,21)16-9(12(18)19)6-10(17)13(3,4)5/h9,16H,6H2,1-5H3,(H,14,15)(H,18,19). The fraction of sp³-hybridized carbons (Fsp3) is 0.615. The van der Waals surface area contributed by atoms with Crippen LogP contribution in [0.15, 0.2) is 4.90 Å². The van der Waals surface area contributed by atoms with Crippen LogP contribution in [0, 0.1) is 19.3 Å².